The smallest absolute Gasteiger partial charge is 0.342 e. The van der Waals surface area contributed by atoms with Crippen LogP contribution >= 0.6 is 0 Å². The van der Waals surface area contributed by atoms with Crippen molar-refractivity contribution in [2.45, 2.75) is 45.3 Å². The molecule has 0 N–H and O–H groups in total. The summed E-state index contributed by atoms with van der Waals surface area (Å²) in [5.74, 6) is -1.38. The number of likely N-dealkylation sites (tertiary alicyclic amines) is 1. The van der Waals surface area contributed by atoms with Crippen LogP contribution in [0.4, 0.5) is 0 Å². The molecule has 0 spiro atoms. The molecule has 34 heavy (non-hydrogen) atoms. The van der Waals surface area contributed by atoms with Gasteiger partial charge in [0.15, 0.2) is 6.10 Å². The standard InChI is InChI=1S/C26H28N2O6/c1-17(23(29)27-13-7-3-4-8-14-27)34-26(32)21-15-18(11-12-22(21)33-2)16-28-24(30)19-9-5-6-10-20(19)25(28)31/h5-6,9-12,15,17H,3-4,7-8,13-14,16H2,1-2H3/t17-/m1/s1. The zero-order chi connectivity index (χ0) is 24.2. The van der Waals surface area contributed by atoms with Crippen molar-refractivity contribution in [1.82, 2.24) is 9.80 Å². The summed E-state index contributed by atoms with van der Waals surface area (Å²) in [6.45, 7) is 2.90. The quantitative estimate of drug-likeness (QED) is 0.480. The van der Waals surface area contributed by atoms with E-state index in [0.717, 1.165) is 30.6 Å². The maximum absolute atomic E-state index is 13.0. The van der Waals surface area contributed by atoms with Crippen molar-refractivity contribution in [2.75, 3.05) is 20.2 Å². The summed E-state index contributed by atoms with van der Waals surface area (Å²) in [5, 5.41) is 0. The monoisotopic (exact) mass is 464 g/mol. The molecule has 1 atom stereocenters. The van der Waals surface area contributed by atoms with Crippen molar-refractivity contribution in [3.05, 3.63) is 64.7 Å². The third-order valence-electron chi connectivity index (χ3n) is 6.25. The Labute approximate surface area is 198 Å². The second-order valence-corrected chi connectivity index (χ2v) is 8.56. The lowest BCUT2D eigenvalue weighted by Crippen LogP contribution is -2.40. The maximum atomic E-state index is 13.0. The van der Waals surface area contributed by atoms with Crippen LogP contribution in [0.5, 0.6) is 5.75 Å². The Morgan fingerprint density at radius 3 is 2.15 bits per heavy atom. The van der Waals surface area contributed by atoms with E-state index in [1.165, 1.54) is 13.2 Å². The molecule has 0 bridgehead atoms. The lowest BCUT2D eigenvalue weighted by molar-refractivity contribution is -0.139. The lowest BCUT2D eigenvalue weighted by Gasteiger charge is -2.24. The molecule has 8 nitrogen and oxygen atoms in total. The Morgan fingerprint density at radius 2 is 1.56 bits per heavy atom. The fourth-order valence-corrected chi connectivity index (χ4v) is 4.40. The molecule has 2 aromatic rings. The summed E-state index contributed by atoms with van der Waals surface area (Å²) in [6, 6.07) is 11.5. The van der Waals surface area contributed by atoms with E-state index in [2.05, 4.69) is 0 Å². The first-order chi connectivity index (χ1) is 16.4. The number of esters is 1. The van der Waals surface area contributed by atoms with Gasteiger partial charge in [-0.25, -0.2) is 4.79 Å². The molecule has 2 heterocycles. The van der Waals surface area contributed by atoms with Crippen molar-refractivity contribution in [3.63, 3.8) is 0 Å². The number of amides is 3. The first kappa shape index (κ1) is 23.5. The molecule has 1 saturated heterocycles. The molecular weight excluding hydrogens is 436 g/mol. The number of hydrogen-bond acceptors (Lipinski definition) is 6. The first-order valence-corrected chi connectivity index (χ1v) is 11.5. The van der Waals surface area contributed by atoms with Gasteiger partial charge in [0.25, 0.3) is 17.7 Å². The average Bonchev–Trinajstić information content (AvgIpc) is 3.03. The predicted molar refractivity (Wildman–Crippen MR) is 124 cm³/mol. The third-order valence-corrected chi connectivity index (χ3v) is 6.25. The van der Waals surface area contributed by atoms with Crippen LogP contribution in [0.1, 0.15) is 69.2 Å². The number of carbonyl (C=O) groups is 4. The Hall–Kier alpha value is -3.68. The molecule has 2 aliphatic heterocycles. The van der Waals surface area contributed by atoms with Crippen LogP contribution in [0.15, 0.2) is 42.5 Å². The van der Waals surface area contributed by atoms with Crippen molar-refractivity contribution in [3.8, 4) is 5.75 Å². The Bertz CT molecular complexity index is 1090. The number of benzene rings is 2. The molecule has 0 aliphatic carbocycles. The number of hydrogen-bond donors (Lipinski definition) is 0. The van der Waals surface area contributed by atoms with E-state index >= 15 is 0 Å². The second-order valence-electron chi connectivity index (χ2n) is 8.56. The van der Waals surface area contributed by atoms with Gasteiger partial charge in [-0.05, 0) is 49.6 Å². The zero-order valence-corrected chi connectivity index (χ0v) is 19.4. The van der Waals surface area contributed by atoms with Gasteiger partial charge in [-0.1, -0.05) is 31.0 Å². The molecule has 0 radical (unpaired) electrons. The SMILES string of the molecule is COc1ccc(CN2C(=O)c3ccccc3C2=O)cc1C(=O)O[C@H](C)C(=O)N1CCCCCC1. The van der Waals surface area contributed by atoms with Crippen LogP contribution in [0, 0.1) is 0 Å². The largest absolute Gasteiger partial charge is 0.496 e. The zero-order valence-electron chi connectivity index (χ0n) is 19.4. The van der Waals surface area contributed by atoms with E-state index in [4.69, 9.17) is 9.47 Å². The van der Waals surface area contributed by atoms with E-state index in [0.29, 0.717) is 29.8 Å². The number of carbonyl (C=O) groups excluding carboxylic acids is 4. The fourth-order valence-electron chi connectivity index (χ4n) is 4.40. The summed E-state index contributed by atoms with van der Waals surface area (Å²) in [5.41, 5.74) is 1.42. The highest BCUT2D eigenvalue weighted by Crippen LogP contribution is 2.27. The minimum absolute atomic E-state index is 0.00111. The molecule has 0 aromatic heterocycles. The van der Waals surface area contributed by atoms with Crippen LogP contribution in [-0.4, -0.2) is 59.8 Å². The maximum Gasteiger partial charge on any atom is 0.342 e. The Morgan fingerprint density at radius 1 is 0.941 bits per heavy atom. The van der Waals surface area contributed by atoms with Crippen molar-refractivity contribution < 1.29 is 28.7 Å². The molecule has 0 saturated carbocycles. The second kappa shape index (κ2) is 10.1. The van der Waals surface area contributed by atoms with Crippen molar-refractivity contribution in [2.24, 2.45) is 0 Å². The van der Waals surface area contributed by atoms with Crippen LogP contribution in [0.3, 0.4) is 0 Å². The fraction of sp³-hybridized carbons (Fsp3) is 0.385. The summed E-state index contributed by atoms with van der Waals surface area (Å²) >= 11 is 0. The van der Waals surface area contributed by atoms with Gasteiger partial charge >= 0.3 is 5.97 Å². The molecular formula is C26H28N2O6. The van der Waals surface area contributed by atoms with Crippen molar-refractivity contribution in [1.29, 1.82) is 0 Å². The highest BCUT2D eigenvalue weighted by atomic mass is 16.5. The molecule has 1 fully saturated rings. The molecule has 8 heteroatoms. The minimum atomic E-state index is -0.935. The molecule has 0 unspecified atom stereocenters. The first-order valence-electron chi connectivity index (χ1n) is 11.5. The number of imide groups is 1. The lowest BCUT2D eigenvalue weighted by atomic mass is 10.1. The van der Waals surface area contributed by atoms with E-state index in [1.807, 2.05) is 0 Å². The van der Waals surface area contributed by atoms with Crippen LogP contribution in [0.2, 0.25) is 0 Å². The number of ether oxygens (including phenoxy) is 2. The molecule has 2 aliphatic rings. The third kappa shape index (κ3) is 4.66. The summed E-state index contributed by atoms with van der Waals surface area (Å²) in [6.07, 6.45) is 3.14. The van der Waals surface area contributed by atoms with Gasteiger partial charge < -0.3 is 14.4 Å². The normalized spacial score (nSPS) is 16.6. The van der Waals surface area contributed by atoms with Crippen LogP contribution in [0.25, 0.3) is 0 Å². The van der Waals surface area contributed by atoms with Gasteiger partial charge in [0.05, 0.1) is 24.8 Å². The highest BCUT2D eigenvalue weighted by molar-refractivity contribution is 6.21. The topological polar surface area (TPSA) is 93.2 Å². The van der Waals surface area contributed by atoms with Crippen LogP contribution < -0.4 is 4.74 Å². The van der Waals surface area contributed by atoms with Gasteiger partial charge in [0.1, 0.15) is 11.3 Å². The number of nitrogens with zero attached hydrogens (tertiary/aromatic N) is 2. The van der Waals surface area contributed by atoms with E-state index in [9.17, 15) is 19.2 Å². The average molecular weight is 465 g/mol. The molecule has 2 aromatic carbocycles. The van der Waals surface area contributed by atoms with Gasteiger partial charge in [-0.3, -0.25) is 19.3 Å². The Balaban J connectivity index is 1.49. The summed E-state index contributed by atoms with van der Waals surface area (Å²) < 4.78 is 10.8. The number of rotatable bonds is 6. The van der Waals surface area contributed by atoms with Crippen molar-refractivity contribution >= 4 is 23.7 Å². The van der Waals surface area contributed by atoms with Gasteiger partial charge in [0.2, 0.25) is 0 Å². The molecule has 4 rings (SSSR count). The number of methoxy groups -OCH3 is 1. The van der Waals surface area contributed by atoms with Gasteiger partial charge in [-0.15, -0.1) is 0 Å². The minimum Gasteiger partial charge on any atom is -0.496 e. The summed E-state index contributed by atoms with van der Waals surface area (Å²) in [4.78, 5) is 54.0. The van der Waals surface area contributed by atoms with E-state index in [1.54, 1.807) is 48.2 Å². The van der Waals surface area contributed by atoms with Gasteiger partial charge in [0, 0.05) is 13.1 Å². The molecule has 3 amide bonds. The van der Waals surface area contributed by atoms with Crippen LogP contribution in [-0.2, 0) is 16.1 Å². The predicted octanol–water partition coefficient (Wildman–Crippen LogP) is 3.44. The Kier molecular flexibility index (Phi) is 6.95. The highest BCUT2D eigenvalue weighted by Gasteiger charge is 2.35. The molecule has 178 valence electrons. The van der Waals surface area contributed by atoms with Gasteiger partial charge in [-0.2, -0.15) is 0 Å². The van der Waals surface area contributed by atoms with E-state index in [-0.39, 0.29) is 35.6 Å². The van der Waals surface area contributed by atoms with E-state index < -0.39 is 12.1 Å². The summed E-state index contributed by atoms with van der Waals surface area (Å²) in [7, 11) is 1.43. The number of fused-ring (bicyclic) bond motifs is 1.